The van der Waals surface area contributed by atoms with Crippen LogP contribution in [0.4, 0.5) is 10.8 Å². The van der Waals surface area contributed by atoms with Crippen molar-refractivity contribution in [3.05, 3.63) is 99.0 Å². The number of anilines is 1. The Balaban J connectivity index is 1.54. The molecule has 0 aliphatic rings. The summed E-state index contributed by atoms with van der Waals surface area (Å²) in [4.78, 5) is 28.2. The number of carbonyl (C=O) groups is 1. The van der Waals surface area contributed by atoms with Crippen LogP contribution in [-0.4, -0.2) is 15.8 Å². The van der Waals surface area contributed by atoms with Gasteiger partial charge in [0.1, 0.15) is 5.56 Å². The molecule has 7 heteroatoms. The van der Waals surface area contributed by atoms with Crippen molar-refractivity contribution < 1.29 is 9.72 Å². The first-order chi connectivity index (χ1) is 13.6. The second-order valence-electron chi connectivity index (χ2n) is 6.18. The number of nitrogens with one attached hydrogen (secondary N) is 1. The van der Waals surface area contributed by atoms with Gasteiger partial charge in [0.05, 0.1) is 4.92 Å². The third kappa shape index (κ3) is 3.60. The van der Waals surface area contributed by atoms with Crippen LogP contribution in [0.2, 0.25) is 0 Å². The highest BCUT2D eigenvalue weighted by atomic mass is 32.1. The molecule has 0 fully saturated rings. The van der Waals surface area contributed by atoms with E-state index in [1.807, 2.05) is 18.2 Å². The molecule has 0 saturated heterocycles. The van der Waals surface area contributed by atoms with E-state index in [2.05, 4.69) is 34.6 Å². The van der Waals surface area contributed by atoms with Crippen molar-refractivity contribution in [2.45, 2.75) is 6.42 Å². The molecule has 3 aromatic carbocycles. The molecule has 4 aromatic rings. The van der Waals surface area contributed by atoms with Crippen LogP contribution in [0.3, 0.4) is 0 Å². The van der Waals surface area contributed by atoms with Crippen LogP contribution < -0.4 is 5.32 Å². The maximum absolute atomic E-state index is 12.4. The van der Waals surface area contributed by atoms with Crippen LogP contribution in [0.1, 0.15) is 20.8 Å². The van der Waals surface area contributed by atoms with Crippen LogP contribution in [0.25, 0.3) is 10.8 Å². The fraction of sp³-hybridized carbons (Fsp3) is 0.0476. The Bertz CT molecular complexity index is 1180. The molecule has 0 radical (unpaired) electrons. The highest BCUT2D eigenvalue weighted by Crippen LogP contribution is 2.26. The Morgan fingerprint density at radius 1 is 1.04 bits per heavy atom. The number of amides is 1. The Hall–Kier alpha value is -3.58. The SMILES string of the molecule is O=C(Nc1ncc(Cc2cccc3ccccc23)s1)c1ccccc1[N+](=O)[O-]. The van der Waals surface area contributed by atoms with Crippen molar-refractivity contribution >= 4 is 38.8 Å². The van der Waals surface area contributed by atoms with Gasteiger partial charge in [0.15, 0.2) is 5.13 Å². The molecule has 0 bridgehead atoms. The van der Waals surface area contributed by atoms with E-state index in [0.29, 0.717) is 11.6 Å². The minimum Gasteiger partial charge on any atom is -0.298 e. The summed E-state index contributed by atoms with van der Waals surface area (Å²) in [5.41, 5.74) is 0.962. The Kier molecular flexibility index (Phi) is 4.82. The predicted molar refractivity (Wildman–Crippen MR) is 110 cm³/mol. The first-order valence-electron chi connectivity index (χ1n) is 8.58. The topological polar surface area (TPSA) is 85.1 Å². The number of nitro benzene ring substituents is 1. The second-order valence-corrected chi connectivity index (χ2v) is 7.29. The van der Waals surface area contributed by atoms with Crippen LogP contribution in [0.15, 0.2) is 72.9 Å². The second kappa shape index (κ2) is 7.58. The number of thiazole rings is 1. The van der Waals surface area contributed by atoms with Crippen molar-refractivity contribution in [1.82, 2.24) is 4.98 Å². The van der Waals surface area contributed by atoms with Crippen LogP contribution in [0.5, 0.6) is 0 Å². The quantitative estimate of drug-likeness (QED) is 0.382. The minimum absolute atomic E-state index is 0.0123. The van der Waals surface area contributed by atoms with E-state index in [1.165, 1.54) is 45.9 Å². The van der Waals surface area contributed by atoms with E-state index < -0.39 is 10.8 Å². The van der Waals surface area contributed by atoms with Crippen molar-refractivity contribution in [3.8, 4) is 0 Å². The molecule has 4 rings (SSSR count). The van der Waals surface area contributed by atoms with E-state index in [0.717, 1.165) is 4.88 Å². The summed E-state index contributed by atoms with van der Waals surface area (Å²) in [5.74, 6) is -0.543. The van der Waals surface area contributed by atoms with Gasteiger partial charge in [-0.2, -0.15) is 0 Å². The highest BCUT2D eigenvalue weighted by molar-refractivity contribution is 7.15. The summed E-state index contributed by atoms with van der Waals surface area (Å²) in [6.45, 7) is 0. The molecule has 1 amide bonds. The molecule has 6 nitrogen and oxygen atoms in total. The molecule has 0 aliphatic heterocycles. The van der Waals surface area contributed by atoms with Crippen molar-refractivity contribution in [1.29, 1.82) is 0 Å². The van der Waals surface area contributed by atoms with Gasteiger partial charge in [-0.05, 0) is 22.4 Å². The number of benzene rings is 3. The Morgan fingerprint density at radius 2 is 1.79 bits per heavy atom. The maximum atomic E-state index is 12.4. The average Bonchev–Trinajstić information content (AvgIpc) is 3.15. The number of para-hydroxylation sites is 1. The van der Waals surface area contributed by atoms with Gasteiger partial charge in [0.2, 0.25) is 0 Å². The summed E-state index contributed by atoms with van der Waals surface area (Å²) < 4.78 is 0. The third-order valence-corrected chi connectivity index (χ3v) is 5.28. The number of rotatable bonds is 5. The summed E-state index contributed by atoms with van der Waals surface area (Å²) in [6.07, 6.45) is 2.42. The standard InChI is InChI=1S/C21H15N3O3S/c25-20(18-10-3-4-11-19(18)24(26)27)23-21-22-13-16(28-21)12-15-8-5-7-14-6-1-2-9-17(14)15/h1-11,13H,12H2,(H,22,23,25). The molecule has 0 spiro atoms. The smallest absolute Gasteiger partial charge is 0.282 e. The molecule has 138 valence electrons. The zero-order valence-electron chi connectivity index (χ0n) is 14.7. The molecule has 1 heterocycles. The van der Waals surface area contributed by atoms with E-state index in [-0.39, 0.29) is 11.3 Å². The van der Waals surface area contributed by atoms with E-state index in [4.69, 9.17) is 0 Å². The van der Waals surface area contributed by atoms with Gasteiger partial charge in [0.25, 0.3) is 11.6 Å². The molecule has 0 atom stereocenters. The zero-order chi connectivity index (χ0) is 19.5. The zero-order valence-corrected chi connectivity index (χ0v) is 15.5. The number of carbonyl (C=O) groups excluding carboxylic acids is 1. The third-order valence-electron chi connectivity index (χ3n) is 4.36. The molecule has 0 unspecified atom stereocenters. The first-order valence-corrected chi connectivity index (χ1v) is 9.39. The lowest BCUT2D eigenvalue weighted by atomic mass is 10.0. The monoisotopic (exact) mass is 389 g/mol. The van der Waals surface area contributed by atoms with Crippen LogP contribution >= 0.6 is 11.3 Å². The van der Waals surface area contributed by atoms with Crippen LogP contribution in [0, 0.1) is 10.1 Å². The van der Waals surface area contributed by atoms with Gasteiger partial charge in [0, 0.05) is 23.6 Å². The van der Waals surface area contributed by atoms with Gasteiger partial charge >= 0.3 is 0 Å². The fourth-order valence-electron chi connectivity index (χ4n) is 3.07. The molecule has 1 aromatic heterocycles. The first kappa shape index (κ1) is 17.8. The number of nitrogens with zero attached hydrogens (tertiary/aromatic N) is 2. The van der Waals surface area contributed by atoms with Gasteiger partial charge in [-0.3, -0.25) is 20.2 Å². The van der Waals surface area contributed by atoms with Gasteiger partial charge < -0.3 is 0 Å². The lowest BCUT2D eigenvalue weighted by Crippen LogP contribution is -2.13. The number of hydrogen-bond acceptors (Lipinski definition) is 5. The maximum Gasteiger partial charge on any atom is 0.282 e. The van der Waals surface area contributed by atoms with Gasteiger partial charge in [-0.15, -0.1) is 11.3 Å². The summed E-state index contributed by atoms with van der Waals surface area (Å²) in [5, 5.41) is 16.5. The summed E-state index contributed by atoms with van der Waals surface area (Å²) in [6, 6.07) is 20.2. The fourth-order valence-corrected chi connectivity index (χ4v) is 3.90. The van der Waals surface area contributed by atoms with E-state index in [9.17, 15) is 14.9 Å². The normalized spacial score (nSPS) is 10.7. The van der Waals surface area contributed by atoms with E-state index in [1.54, 1.807) is 12.3 Å². The molecule has 0 saturated carbocycles. The molecule has 28 heavy (non-hydrogen) atoms. The molecule has 1 N–H and O–H groups in total. The molecular weight excluding hydrogens is 374 g/mol. The number of nitro groups is 1. The molecule has 0 aliphatic carbocycles. The van der Waals surface area contributed by atoms with Crippen molar-refractivity contribution in [2.75, 3.05) is 5.32 Å². The average molecular weight is 389 g/mol. The van der Waals surface area contributed by atoms with Crippen molar-refractivity contribution in [2.24, 2.45) is 0 Å². The highest BCUT2D eigenvalue weighted by Gasteiger charge is 2.20. The Labute approximate surface area is 164 Å². The van der Waals surface area contributed by atoms with E-state index >= 15 is 0 Å². The van der Waals surface area contributed by atoms with Crippen LogP contribution in [-0.2, 0) is 6.42 Å². The van der Waals surface area contributed by atoms with Crippen molar-refractivity contribution in [3.63, 3.8) is 0 Å². The lowest BCUT2D eigenvalue weighted by molar-refractivity contribution is -0.385. The number of hydrogen-bond donors (Lipinski definition) is 1. The minimum atomic E-state index is -0.567. The van der Waals surface area contributed by atoms with Gasteiger partial charge in [-0.25, -0.2) is 4.98 Å². The molecular formula is C21H15N3O3S. The predicted octanol–water partition coefficient (Wildman–Crippen LogP) is 5.05. The summed E-state index contributed by atoms with van der Waals surface area (Å²) in [7, 11) is 0. The largest absolute Gasteiger partial charge is 0.298 e. The number of fused-ring (bicyclic) bond motifs is 1. The summed E-state index contributed by atoms with van der Waals surface area (Å²) >= 11 is 1.36. The lowest BCUT2D eigenvalue weighted by Gasteiger charge is -2.05. The number of aromatic nitrogens is 1. The Morgan fingerprint density at radius 3 is 2.64 bits per heavy atom. The van der Waals surface area contributed by atoms with Gasteiger partial charge in [-0.1, -0.05) is 54.6 Å².